The van der Waals surface area contributed by atoms with E-state index < -0.39 is 30.7 Å². The summed E-state index contributed by atoms with van der Waals surface area (Å²) in [6.45, 7) is 1.58. The van der Waals surface area contributed by atoms with E-state index in [9.17, 15) is 22.8 Å². The molecule has 2 saturated heterocycles. The zero-order valence-electron chi connectivity index (χ0n) is 13.3. The van der Waals surface area contributed by atoms with Crippen LogP contribution in [0.2, 0.25) is 0 Å². The van der Waals surface area contributed by atoms with E-state index in [4.69, 9.17) is 4.74 Å². The van der Waals surface area contributed by atoms with Crippen LogP contribution in [0, 0.1) is 5.92 Å². The number of piperidine rings is 1. The number of rotatable bonds is 4. The fraction of sp³-hybridized carbons (Fsp3) is 0.867. The Morgan fingerprint density at radius 1 is 1.26 bits per heavy atom. The molecule has 8 heteroatoms. The number of hydrogen-bond acceptors (Lipinski definition) is 3. The monoisotopic (exact) mass is 336 g/mol. The van der Waals surface area contributed by atoms with Gasteiger partial charge < -0.3 is 14.5 Å². The quantitative estimate of drug-likeness (QED) is 0.787. The second-order valence-electron chi connectivity index (χ2n) is 6.09. The number of ether oxygens (including phenoxy) is 1. The molecule has 0 spiro atoms. The van der Waals surface area contributed by atoms with Crippen molar-refractivity contribution in [2.75, 3.05) is 32.8 Å². The van der Waals surface area contributed by atoms with Crippen molar-refractivity contribution < 1.29 is 27.5 Å². The van der Waals surface area contributed by atoms with Crippen LogP contribution in [0.5, 0.6) is 0 Å². The van der Waals surface area contributed by atoms with Crippen LogP contribution in [-0.2, 0) is 14.3 Å². The molecule has 0 aliphatic carbocycles. The van der Waals surface area contributed by atoms with Crippen molar-refractivity contribution in [2.24, 2.45) is 5.92 Å². The number of amides is 2. The highest BCUT2D eigenvalue weighted by molar-refractivity contribution is 5.83. The van der Waals surface area contributed by atoms with E-state index >= 15 is 0 Å². The van der Waals surface area contributed by atoms with Gasteiger partial charge in [0.1, 0.15) is 12.6 Å². The lowest BCUT2D eigenvalue weighted by molar-refractivity contribution is -0.165. The van der Waals surface area contributed by atoms with Gasteiger partial charge in [-0.25, -0.2) is 0 Å². The van der Waals surface area contributed by atoms with Gasteiger partial charge in [0.25, 0.3) is 5.91 Å². The third-order valence-corrected chi connectivity index (χ3v) is 4.35. The Labute approximate surface area is 133 Å². The Hall–Kier alpha value is -1.31. The van der Waals surface area contributed by atoms with Crippen molar-refractivity contribution >= 4 is 11.8 Å². The van der Waals surface area contributed by atoms with Crippen LogP contribution in [0.25, 0.3) is 0 Å². The molecule has 2 aliphatic rings. The number of carbonyl (C=O) groups is 2. The fourth-order valence-electron chi connectivity index (χ4n) is 3.18. The lowest BCUT2D eigenvalue weighted by Crippen LogP contribution is -2.50. The van der Waals surface area contributed by atoms with Gasteiger partial charge in [0.15, 0.2) is 0 Å². The lowest BCUT2D eigenvalue weighted by Gasteiger charge is -2.35. The molecule has 0 radical (unpaired) electrons. The van der Waals surface area contributed by atoms with Crippen LogP contribution in [0.4, 0.5) is 13.2 Å². The van der Waals surface area contributed by atoms with Crippen LogP contribution in [0.1, 0.15) is 32.6 Å². The normalized spacial score (nSPS) is 25.5. The Morgan fingerprint density at radius 3 is 2.57 bits per heavy atom. The van der Waals surface area contributed by atoms with E-state index in [1.165, 1.54) is 6.92 Å². The number of carbonyl (C=O) groups excluding carboxylic acids is 2. The molecule has 23 heavy (non-hydrogen) atoms. The van der Waals surface area contributed by atoms with E-state index in [0.717, 1.165) is 11.3 Å². The zero-order chi connectivity index (χ0) is 17.0. The van der Waals surface area contributed by atoms with Gasteiger partial charge in [0, 0.05) is 26.2 Å². The van der Waals surface area contributed by atoms with Crippen LogP contribution < -0.4 is 0 Å². The molecule has 2 aliphatic heterocycles. The molecule has 0 aromatic carbocycles. The summed E-state index contributed by atoms with van der Waals surface area (Å²) in [5.41, 5.74) is 0. The summed E-state index contributed by atoms with van der Waals surface area (Å²) in [6, 6.07) is 0. The van der Waals surface area contributed by atoms with Gasteiger partial charge in [0.05, 0.1) is 5.92 Å². The average molecular weight is 336 g/mol. The van der Waals surface area contributed by atoms with E-state index in [1.807, 2.05) is 0 Å². The van der Waals surface area contributed by atoms with Crippen molar-refractivity contribution in [3.63, 3.8) is 0 Å². The molecule has 0 unspecified atom stereocenters. The molecule has 5 nitrogen and oxygen atoms in total. The molecule has 2 amide bonds. The second-order valence-corrected chi connectivity index (χ2v) is 6.09. The van der Waals surface area contributed by atoms with Gasteiger partial charge in [-0.05, 0) is 32.6 Å². The topological polar surface area (TPSA) is 49.9 Å². The molecule has 132 valence electrons. The minimum absolute atomic E-state index is 0.00846. The minimum Gasteiger partial charge on any atom is -0.368 e. The summed E-state index contributed by atoms with van der Waals surface area (Å²) >= 11 is 0. The highest BCUT2D eigenvalue weighted by Gasteiger charge is 2.38. The Bertz CT molecular complexity index is 436. The zero-order valence-corrected chi connectivity index (χ0v) is 13.3. The number of likely N-dealkylation sites (tertiary alicyclic amines) is 1. The molecule has 0 aromatic heterocycles. The van der Waals surface area contributed by atoms with Crippen LogP contribution >= 0.6 is 0 Å². The molecule has 2 atom stereocenters. The summed E-state index contributed by atoms with van der Waals surface area (Å²) in [5, 5.41) is 0. The van der Waals surface area contributed by atoms with Crippen LogP contribution in [0.3, 0.4) is 0 Å². The number of nitrogens with zero attached hydrogens (tertiary/aromatic N) is 2. The minimum atomic E-state index is -4.41. The maximum absolute atomic E-state index is 12.6. The first-order valence-corrected chi connectivity index (χ1v) is 8.07. The van der Waals surface area contributed by atoms with Gasteiger partial charge in [-0.3, -0.25) is 9.59 Å². The Kier molecular flexibility index (Phi) is 5.89. The standard InChI is InChI=1S/C15H23F3N2O3/c1-2-19(10-15(16,17)18)13(21)11-5-3-7-20(9-11)14(22)12-6-4-8-23-12/h11-12H,2-10H2,1H3/t11-,12+/m1/s1. The summed E-state index contributed by atoms with van der Waals surface area (Å²) < 4.78 is 43.0. The maximum Gasteiger partial charge on any atom is 0.406 e. The third kappa shape index (κ3) is 4.83. The average Bonchev–Trinajstić information content (AvgIpc) is 3.05. The number of halogens is 3. The van der Waals surface area contributed by atoms with Crippen molar-refractivity contribution in [3.05, 3.63) is 0 Å². The maximum atomic E-state index is 12.6. The predicted molar refractivity (Wildman–Crippen MR) is 76.6 cm³/mol. The molecule has 0 saturated carbocycles. The molecular formula is C15H23F3N2O3. The summed E-state index contributed by atoms with van der Waals surface area (Å²) in [7, 11) is 0. The number of hydrogen-bond donors (Lipinski definition) is 0. The highest BCUT2D eigenvalue weighted by atomic mass is 19.4. The molecule has 2 rings (SSSR count). The van der Waals surface area contributed by atoms with Crippen molar-refractivity contribution in [1.29, 1.82) is 0 Å². The highest BCUT2D eigenvalue weighted by Crippen LogP contribution is 2.24. The van der Waals surface area contributed by atoms with Gasteiger partial charge in [-0.2, -0.15) is 13.2 Å². The summed E-state index contributed by atoms with van der Waals surface area (Å²) in [4.78, 5) is 27.1. The first-order chi connectivity index (χ1) is 10.8. The van der Waals surface area contributed by atoms with Crippen LogP contribution in [0.15, 0.2) is 0 Å². The largest absolute Gasteiger partial charge is 0.406 e. The molecule has 0 N–H and O–H groups in total. The van der Waals surface area contributed by atoms with Gasteiger partial charge in [0.2, 0.25) is 5.91 Å². The predicted octanol–water partition coefficient (Wildman–Crippen LogP) is 1.81. The van der Waals surface area contributed by atoms with Gasteiger partial charge in [-0.1, -0.05) is 0 Å². The lowest BCUT2D eigenvalue weighted by atomic mass is 9.95. The van der Waals surface area contributed by atoms with E-state index in [1.54, 1.807) is 4.90 Å². The summed E-state index contributed by atoms with van der Waals surface area (Å²) in [5.74, 6) is -1.22. The molecule has 0 aromatic rings. The molecular weight excluding hydrogens is 313 g/mol. The fourth-order valence-corrected chi connectivity index (χ4v) is 3.18. The Morgan fingerprint density at radius 2 is 2.00 bits per heavy atom. The van der Waals surface area contributed by atoms with Crippen molar-refractivity contribution in [3.8, 4) is 0 Å². The van der Waals surface area contributed by atoms with Crippen molar-refractivity contribution in [1.82, 2.24) is 9.80 Å². The SMILES string of the molecule is CCN(CC(F)(F)F)C(=O)[C@@H]1CCCN(C(=O)[C@@H]2CCCO2)C1. The smallest absolute Gasteiger partial charge is 0.368 e. The van der Waals surface area contributed by atoms with E-state index in [0.29, 0.717) is 32.4 Å². The van der Waals surface area contributed by atoms with Gasteiger partial charge >= 0.3 is 6.18 Å². The van der Waals surface area contributed by atoms with Gasteiger partial charge in [-0.15, -0.1) is 0 Å². The molecule has 2 fully saturated rings. The molecule has 0 bridgehead atoms. The first kappa shape index (κ1) is 18.0. The Balaban J connectivity index is 1.96. The first-order valence-electron chi connectivity index (χ1n) is 8.07. The number of alkyl halides is 3. The summed E-state index contributed by atoms with van der Waals surface area (Å²) in [6.07, 6.45) is -2.22. The van der Waals surface area contributed by atoms with E-state index in [2.05, 4.69) is 0 Å². The van der Waals surface area contributed by atoms with E-state index in [-0.39, 0.29) is 19.0 Å². The van der Waals surface area contributed by atoms with Crippen LogP contribution in [-0.4, -0.2) is 66.7 Å². The molecule has 2 heterocycles. The van der Waals surface area contributed by atoms with Crippen molar-refractivity contribution in [2.45, 2.75) is 44.9 Å². The second kappa shape index (κ2) is 7.51. The third-order valence-electron chi connectivity index (χ3n) is 4.35.